The Hall–Kier alpha value is -5.92. The first kappa shape index (κ1) is 33.0. The zero-order chi connectivity index (χ0) is 35.9. The number of aromatic nitrogens is 3. The molecular formula is C49H42N4. The topological polar surface area (TPSA) is 62.5 Å². The van der Waals surface area contributed by atoms with E-state index < -0.39 is 0 Å². The minimum atomic E-state index is 0.300. The van der Waals surface area contributed by atoms with Crippen LogP contribution >= 0.6 is 0 Å². The van der Waals surface area contributed by atoms with Crippen LogP contribution in [0.1, 0.15) is 57.1 Å². The highest BCUT2D eigenvalue weighted by atomic mass is 15.0. The van der Waals surface area contributed by atoms with Crippen molar-refractivity contribution in [2.24, 2.45) is 17.8 Å². The minimum Gasteiger partial charge on any atom is -0.208 e. The van der Waals surface area contributed by atoms with Gasteiger partial charge in [0.1, 0.15) is 0 Å². The van der Waals surface area contributed by atoms with Crippen LogP contribution in [0, 0.1) is 29.1 Å². The van der Waals surface area contributed by atoms with Gasteiger partial charge in [0.2, 0.25) is 0 Å². The van der Waals surface area contributed by atoms with Gasteiger partial charge < -0.3 is 0 Å². The van der Waals surface area contributed by atoms with Gasteiger partial charge in [-0.3, -0.25) is 0 Å². The molecular weight excluding hydrogens is 645 g/mol. The Morgan fingerprint density at radius 1 is 0.491 bits per heavy atom. The Bertz CT molecular complexity index is 2460. The summed E-state index contributed by atoms with van der Waals surface area (Å²) in [6, 6.07) is 50.9. The Kier molecular flexibility index (Phi) is 8.43. The van der Waals surface area contributed by atoms with Gasteiger partial charge in [-0.1, -0.05) is 147 Å². The number of nitrogens with zero attached hydrogens (tertiary/aromatic N) is 4. The molecule has 7 aromatic rings. The maximum absolute atomic E-state index is 9.69. The second-order valence-electron chi connectivity index (χ2n) is 15.6. The van der Waals surface area contributed by atoms with Gasteiger partial charge in [0, 0.05) is 22.1 Å². The lowest BCUT2D eigenvalue weighted by molar-refractivity contribution is 0.0780. The van der Waals surface area contributed by atoms with Crippen LogP contribution in [0.2, 0.25) is 0 Å². The molecule has 53 heavy (non-hydrogen) atoms. The highest BCUT2D eigenvalue weighted by molar-refractivity contribution is 5.99. The summed E-state index contributed by atoms with van der Waals surface area (Å²) in [4.78, 5) is 15.3. The van der Waals surface area contributed by atoms with E-state index in [0.29, 0.717) is 28.5 Å². The van der Waals surface area contributed by atoms with Crippen molar-refractivity contribution in [1.29, 1.82) is 5.26 Å². The molecule has 0 amide bonds. The molecule has 0 radical (unpaired) electrons. The summed E-state index contributed by atoms with van der Waals surface area (Å²) in [5.74, 6) is 4.34. The van der Waals surface area contributed by atoms with E-state index in [0.717, 1.165) is 61.9 Å². The van der Waals surface area contributed by atoms with Gasteiger partial charge in [-0.25, -0.2) is 15.0 Å². The number of fused-ring (bicyclic) bond motifs is 3. The second-order valence-corrected chi connectivity index (χ2v) is 15.6. The first-order valence-electron chi connectivity index (χ1n) is 19.0. The predicted molar refractivity (Wildman–Crippen MR) is 216 cm³/mol. The zero-order valence-electron chi connectivity index (χ0n) is 30.3. The summed E-state index contributed by atoms with van der Waals surface area (Å²) in [5.41, 5.74) is 9.77. The van der Waals surface area contributed by atoms with Crippen molar-refractivity contribution in [3.8, 4) is 62.5 Å². The van der Waals surface area contributed by atoms with Crippen molar-refractivity contribution < 1.29 is 0 Å². The molecule has 258 valence electrons. The molecule has 2 saturated carbocycles. The van der Waals surface area contributed by atoms with Crippen molar-refractivity contribution in [1.82, 2.24) is 15.0 Å². The van der Waals surface area contributed by atoms with Gasteiger partial charge in [0.25, 0.3) is 0 Å². The van der Waals surface area contributed by atoms with Crippen molar-refractivity contribution >= 4 is 10.8 Å². The average Bonchev–Trinajstić information content (AvgIpc) is 3.20. The molecule has 6 aromatic carbocycles. The third-order valence-corrected chi connectivity index (χ3v) is 11.8. The van der Waals surface area contributed by atoms with Crippen LogP contribution in [-0.4, -0.2) is 15.0 Å². The van der Waals surface area contributed by atoms with E-state index in [2.05, 4.69) is 111 Å². The normalized spacial score (nSPS) is 20.9. The van der Waals surface area contributed by atoms with E-state index in [1.165, 1.54) is 43.2 Å². The molecule has 2 unspecified atom stereocenters. The largest absolute Gasteiger partial charge is 0.208 e. The Morgan fingerprint density at radius 2 is 1.02 bits per heavy atom. The first-order valence-corrected chi connectivity index (χ1v) is 19.0. The molecule has 0 saturated heterocycles. The summed E-state index contributed by atoms with van der Waals surface area (Å²) in [6.45, 7) is 4.92. The van der Waals surface area contributed by atoms with Crippen LogP contribution in [0.5, 0.6) is 0 Å². The highest BCUT2D eigenvalue weighted by Gasteiger charge is 2.45. The lowest BCUT2D eigenvalue weighted by Crippen LogP contribution is -2.42. The summed E-state index contributed by atoms with van der Waals surface area (Å²) in [6.07, 6.45) is 6.69. The maximum Gasteiger partial charge on any atom is 0.164 e. The quantitative estimate of drug-likeness (QED) is 0.175. The molecule has 2 fully saturated rings. The van der Waals surface area contributed by atoms with Crippen molar-refractivity contribution in [2.45, 2.75) is 51.4 Å². The van der Waals surface area contributed by atoms with Crippen LogP contribution in [0.25, 0.3) is 67.2 Å². The molecule has 1 heterocycles. The van der Waals surface area contributed by atoms with Crippen LogP contribution < -0.4 is 0 Å². The summed E-state index contributed by atoms with van der Waals surface area (Å²) in [5, 5.41) is 11.7. The van der Waals surface area contributed by atoms with Gasteiger partial charge in [-0.15, -0.1) is 0 Å². The molecule has 4 heteroatoms. The van der Waals surface area contributed by atoms with Crippen molar-refractivity contribution in [3.63, 3.8) is 0 Å². The Balaban J connectivity index is 1.10. The molecule has 0 N–H and O–H groups in total. The summed E-state index contributed by atoms with van der Waals surface area (Å²) < 4.78 is 0. The monoisotopic (exact) mass is 686 g/mol. The molecule has 2 aliphatic carbocycles. The molecule has 4 atom stereocenters. The number of hydrogen-bond donors (Lipinski definition) is 0. The zero-order valence-corrected chi connectivity index (χ0v) is 30.3. The molecule has 9 rings (SSSR count). The Morgan fingerprint density at radius 3 is 1.70 bits per heavy atom. The number of hydrogen-bond acceptors (Lipinski definition) is 4. The van der Waals surface area contributed by atoms with Gasteiger partial charge in [-0.05, 0) is 94.5 Å². The summed E-state index contributed by atoms with van der Waals surface area (Å²) in [7, 11) is 0. The molecule has 2 bridgehead atoms. The molecule has 0 aliphatic heterocycles. The van der Waals surface area contributed by atoms with E-state index >= 15 is 0 Å². The van der Waals surface area contributed by atoms with E-state index in [-0.39, 0.29) is 0 Å². The first-order chi connectivity index (χ1) is 26.0. The number of benzene rings is 6. The third-order valence-electron chi connectivity index (χ3n) is 11.8. The van der Waals surface area contributed by atoms with Crippen LogP contribution in [0.3, 0.4) is 0 Å². The van der Waals surface area contributed by atoms with Crippen molar-refractivity contribution in [2.75, 3.05) is 0 Å². The van der Waals surface area contributed by atoms with E-state index in [1.54, 1.807) is 0 Å². The van der Waals surface area contributed by atoms with Gasteiger partial charge in [0.05, 0.1) is 11.6 Å². The lowest BCUT2D eigenvalue weighted by atomic mass is 9.54. The molecule has 1 aromatic heterocycles. The van der Waals surface area contributed by atoms with Crippen LogP contribution in [0.4, 0.5) is 0 Å². The van der Waals surface area contributed by atoms with Gasteiger partial charge in [-0.2, -0.15) is 5.26 Å². The van der Waals surface area contributed by atoms with E-state index in [9.17, 15) is 5.26 Å². The summed E-state index contributed by atoms with van der Waals surface area (Å²) >= 11 is 0. The SMILES string of the molecule is C[C@@H]1CC2C[C@H](C)CC(c3ccc(-c4ccccc4-c4nc(-c5ccccc5)nc(-c5ccc(-c6ccc(C#N)c7ccccc67)cc5)n4)cc3)(C2)C1. The predicted octanol–water partition coefficient (Wildman–Crippen LogP) is 12.3. The fraction of sp³-hybridized carbons (Fsp3) is 0.224. The van der Waals surface area contributed by atoms with Crippen LogP contribution in [0.15, 0.2) is 140 Å². The molecule has 4 nitrogen and oxygen atoms in total. The molecule has 0 spiro atoms. The second kappa shape index (κ2) is 13.6. The lowest BCUT2D eigenvalue weighted by Gasteiger charge is -2.50. The fourth-order valence-electron chi connectivity index (χ4n) is 9.78. The smallest absolute Gasteiger partial charge is 0.164 e. The van der Waals surface area contributed by atoms with Crippen LogP contribution in [-0.2, 0) is 5.41 Å². The fourth-order valence-corrected chi connectivity index (χ4v) is 9.78. The standard InChI is InChI=1S/C49H42N4/c1-32-26-34-27-33(2)29-49(28-32,30-34)40-23-20-36(21-24-40)41-12-7-9-15-45(41)48-52-46(37-10-4-3-5-11-37)51-47(53-48)38-18-16-35(17-19-38)43-25-22-39(31-50)42-13-6-8-14-44(42)43/h3-25,32-34H,26-30H2,1-2H3/t32-,33+,34?,49?. The number of rotatable bonds is 6. The minimum absolute atomic E-state index is 0.300. The van der Waals surface area contributed by atoms with Crippen molar-refractivity contribution in [3.05, 3.63) is 151 Å². The van der Waals surface area contributed by atoms with Gasteiger partial charge >= 0.3 is 0 Å². The van der Waals surface area contributed by atoms with E-state index in [1.807, 2.05) is 48.5 Å². The molecule has 2 aliphatic rings. The highest BCUT2D eigenvalue weighted by Crippen LogP contribution is 2.54. The number of nitriles is 1. The third kappa shape index (κ3) is 6.21. The van der Waals surface area contributed by atoms with Gasteiger partial charge in [0.15, 0.2) is 17.5 Å². The average molecular weight is 687 g/mol. The maximum atomic E-state index is 9.69. The Labute approximate surface area is 312 Å². The van der Waals surface area contributed by atoms with E-state index in [4.69, 9.17) is 15.0 Å².